The lowest BCUT2D eigenvalue weighted by atomic mass is 9.97. The van der Waals surface area contributed by atoms with Crippen molar-refractivity contribution >= 4 is 18.4 Å². The summed E-state index contributed by atoms with van der Waals surface area (Å²) in [4.78, 5) is 33.0. The average molecular weight is 252 g/mol. The Labute approximate surface area is 110 Å². The predicted molar refractivity (Wildman–Crippen MR) is 72.7 cm³/mol. The Morgan fingerprint density at radius 3 is 2.16 bits per heavy atom. The van der Waals surface area contributed by atoms with Crippen molar-refractivity contribution in [3.8, 4) is 11.1 Å². The first-order valence-electron chi connectivity index (χ1n) is 5.81. The third kappa shape index (κ3) is 2.65. The molecule has 94 valence electrons. The maximum Gasteiger partial charge on any atom is 0.159 e. The first kappa shape index (κ1) is 12.9. The molecule has 19 heavy (non-hydrogen) atoms. The van der Waals surface area contributed by atoms with Gasteiger partial charge < -0.3 is 0 Å². The number of ketones is 1. The van der Waals surface area contributed by atoms with Crippen molar-refractivity contribution in [2.75, 3.05) is 0 Å². The molecule has 0 unspecified atom stereocenters. The van der Waals surface area contributed by atoms with Crippen LogP contribution in [0.15, 0.2) is 42.5 Å². The molecular weight excluding hydrogens is 240 g/mol. The van der Waals surface area contributed by atoms with E-state index in [1.54, 1.807) is 42.5 Å². The maximum atomic E-state index is 11.2. The zero-order valence-corrected chi connectivity index (χ0v) is 10.4. The van der Waals surface area contributed by atoms with E-state index in [0.29, 0.717) is 22.3 Å². The van der Waals surface area contributed by atoms with Gasteiger partial charge in [-0.1, -0.05) is 36.4 Å². The normalized spacial score (nSPS) is 9.95. The summed E-state index contributed by atoms with van der Waals surface area (Å²) >= 11 is 0. The summed E-state index contributed by atoms with van der Waals surface area (Å²) in [6.45, 7) is 1.50. The molecule has 2 aromatic carbocycles. The van der Waals surface area contributed by atoms with Gasteiger partial charge in [-0.25, -0.2) is 0 Å². The number of hydrogen-bond acceptors (Lipinski definition) is 3. The van der Waals surface area contributed by atoms with Crippen LogP contribution in [0.25, 0.3) is 11.1 Å². The van der Waals surface area contributed by atoms with Gasteiger partial charge in [0.2, 0.25) is 0 Å². The molecule has 0 aliphatic rings. The summed E-state index contributed by atoms with van der Waals surface area (Å²) in [7, 11) is 0. The lowest BCUT2D eigenvalue weighted by molar-refractivity contribution is 0.101. The summed E-state index contributed by atoms with van der Waals surface area (Å²) in [5.41, 5.74) is 3.13. The van der Waals surface area contributed by atoms with Crippen LogP contribution >= 0.6 is 0 Å². The Morgan fingerprint density at radius 2 is 1.63 bits per heavy atom. The molecule has 0 atom stereocenters. The van der Waals surface area contributed by atoms with E-state index in [-0.39, 0.29) is 5.78 Å². The average Bonchev–Trinajstić information content (AvgIpc) is 2.46. The highest BCUT2D eigenvalue weighted by Crippen LogP contribution is 2.24. The standard InChI is InChI=1S/C16H12O3/c1-11(19)13-4-6-14(7-5-13)16-8-12(9-17)2-3-15(16)10-18/h2-10H,1H3. The minimum atomic E-state index is -0.0104. The summed E-state index contributed by atoms with van der Waals surface area (Å²) in [6.07, 6.45) is 1.49. The summed E-state index contributed by atoms with van der Waals surface area (Å²) in [5.74, 6) is -0.0104. The fourth-order valence-corrected chi connectivity index (χ4v) is 1.88. The van der Waals surface area contributed by atoms with E-state index in [1.807, 2.05) is 0 Å². The fourth-order valence-electron chi connectivity index (χ4n) is 1.88. The highest BCUT2D eigenvalue weighted by atomic mass is 16.1. The van der Waals surface area contributed by atoms with Crippen molar-refractivity contribution in [1.82, 2.24) is 0 Å². The second kappa shape index (κ2) is 5.40. The molecule has 2 aromatic rings. The SMILES string of the molecule is CC(=O)c1ccc(-c2cc(C=O)ccc2C=O)cc1. The molecule has 0 saturated heterocycles. The van der Waals surface area contributed by atoms with Gasteiger partial charge in [0.15, 0.2) is 12.1 Å². The summed E-state index contributed by atoms with van der Waals surface area (Å²) in [6, 6.07) is 11.8. The second-order valence-electron chi connectivity index (χ2n) is 4.22. The number of benzene rings is 2. The monoisotopic (exact) mass is 252 g/mol. The summed E-state index contributed by atoms with van der Waals surface area (Å²) < 4.78 is 0. The zero-order chi connectivity index (χ0) is 13.8. The van der Waals surface area contributed by atoms with Crippen LogP contribution in [0, 0.1) is 0 Å². The van der Waals surface area contributed by atoms with Crippen molar-refractivity contribution in [3.63, 3.8) is 0 Å². The van der Waals surface area contributed by atoms with Crippen LogP contribution in [0.5, 0.6) is 0 Å². The van der Waals surface area contributed by atoms with E-state index in [2.05, 4.69) is 0 Å². The summed E-state index contributed by atoms with van der Waals surface area (Å²) in [5, 5.41) is 0. The molecular formula is C16H12O3. The molecule has 0 amide bonds. The van der Waals surface area contributed by atoms with Crippen LogP contribution < -0.4 is 0 Å². The molecule has 0 saturated carbocycles. The van der Waals surface area contributed by atoms with Crippen LogP contribution in [0.3, 0.4) is 0 Å². The molecule has 0 N–H and O–H groups in total. The Hall–Kier alpha value is -2.55. The Kier molecular flexibility index (Phi) is 3.66. The lowest BCUT2D eigenvalue weighted by Gasteiger charge is -2.06. The van der Waals surface area contributed by atoms with Crippen molar-refractivity contribution in [2.45, 2.75) is 6.92 Å². The van der Waals surface area contributed by atoms with Gasteiger partial charge >= 0.3 is 0 Å². The van der Waals surface area contributed by atoms with Crippen LogP contribution in [-0.2, 0) is 0 Å². The fraction of sp³-hybridized carbons (Fsp3) is 0.0625. The van der Waals surface area contributed by atoms with Crippen LogP contribution in [0.4, 0.5) is 0 Å². The first-order chi connectivity index (χ1) is 9.15. The number of carbonyl (C=O) groups excluding carboxylic acids is 3. The third-order valence-corrected chi connectivity index (χ3v) is 2.94. The van der Waals surface area contributed by atoms with Gasteiger partial charge in [0.1, 0.15) is 6.29 Å². The quantitative estimate of drug-likeness (QED) is 0.620. The van der Waals surface area contributed by atoms with E-state index in [0.717, 1.165) is 18.1 Å². The highest BCUT2D eigenvalue weighted by molar-refractivity contribution is 5.95. The largest absolute Gasteiger partial charge is 0.298 e. The van der Waals surface area contributed by atoms with Crippen LogP contribution in [0.2, 0.25) is 0 Å². The van der Waals surface area contributed by atoms with E-state index in [4.69, 9.17) is 0 Å². The smallest absolute Gasteiger partial charge is 0.159 e. The second-order valence-corrected chi connectivity index (χ2v) is 4.22. The van der Waals surface area contributed by atoms with Crippen molar-refractivity contribution < 1.29 is 14.4 Å². The minimum absolute atomic E-state index is 0.0104. The van der Waals surface area contributed by atoms with Crippen LogP contribution in [-0.4, -0.2) is 18.4 Å². The van der Waals surface area contributed by atoms with E-state index >= 15 is 0 Å². The number of Topliss-reactive ketones (excluding diaryl/α,β-unsaturated/α-hetero) is 1. The van der Waals surface area contributed by atoms with E-state index in [9.17, 15) is 14.4 Å². The predicted octanol–water partition coefficient (Wildman–Crippen LogP) is 3.18. The van der Waals surface area contributed by atoms with Gasteiger partial charge in [-0.2, -0.15) is 0 Å². The molecule has 0 spiro atoms. The molecule has 0 heterocycles. The Morgan fingerprint density at radius 1 is 0.947 bits per heavy atom. The zero-order valence-electron chi connectivity index (χ0n) is 10.4. The lowest BCUT2D eigenvalue weighted by Crippen LogP contribution is -1.93. The Bertz CT molecular complexity index is 640. The number of aldehydes is 2. The molecule has 0 aromatic heterocycles. The maximum absolute atomic E-state index is 11.2. The molecule has 0 fully saturated rings. The van der Waals surface area contributed by atoms with E-state index < -0.39 is 0 Å². The Balaban J connectivity index is 2.53. The topological polar surface area (TPSA) is 51.2 Å². The first-order valence-corrected chi connectivity index (χ1v) is 5.81. The number of rotatable bonds is 4. The molecule has 2 rings (SSSR count). The highest BCUT2D eigenvalue weighted by Gasteiger charge is 2.07. The third-order valence-electron chi connectivity index (χ3n) is 2.94. The van der Waals surface area contributed by atoms with Gasteiger partial charge in [-0.05, 0) is 24.1 Å². The molecule has 0 aliphatic carbocycles. The van der Waals surface area contributed by atoms with Gasteiger partial charge in [-0.3, -0.25) is 14.4 Å². The van der Waals surface area contributed by atoms with Crippen molar-refractivity contribution in [1.29, 1.82) is 0 Å². The van der Waals surface area contributed by atoms with Crippen LogP contribution in [0.1, 0.15) is 38.0 Å². The molecule has 0 aliphatic heterocycles. The van der Waals surface area contributed by atoms with Gasteiger partial charge in [0, 0.05) is 16.7 Å². The molecule has 0 bridgehead atoms. The molecule has 3 nitrogen and oxygen atoms in total. The van der Waals surface area contributed by atoms with Gasteiger partial charge in [0.05, 0.1) is 0 Å². The number of hydrogen-bond donors (Lipinski definition) is 0. The van der Waals surface area contributed by atoms with Gasteiger partial charge in [-0.15, -0.1) is 0 Å². The van der Waals surface area contributed by atoms with E-state index in [1.165, 1.54) is 6.92 Å². The number of carbonyl (C=O) groups is 3. The van der Waals surface area contributed by atoms with Gasteiger partial charge in [0.25, 0.3) is 0 Å². The molecule has 3 heteroatoms. The van der Waals surface area contributed by atoms with Crippen molar-refractivity contribution in [2.24, 2.45) is 0 Å². The molecule has 0 radical (unpaired) electrons. The van der Waals surface area contributed by atoms with Crippen molar-refractivity contribution in [3.05, 3.63) is 59.2 Å². The minimum Gasteiger partial charge on any atom is -0.298 e.